The van der Waals surface area contributed by atoms with Crippen molar-refractivity contribution in [2.45, 2.75) is 27.7 Å². The lowest BCUT2D eigenvalue weighted by Gasteiger charge is -2.11. The van der Waals surface area contributed by atoms with Gasteiger partial charge in [0, 0.05) is 13.2 Å². The summed E-state index contributed by atoms with van der Waals surface area (Å²) in [7, 11) is -1.06. The molecule has 0 rings (SSSR count). The fourth-order valence-corrected chi connectivity index (χ4v) is 0.598. The maximum absolute atomic E-state index is 9.10. The number of rotatable bonds is 6. The van der Waals surface area contributed by atoms with E-state index in [4.69, 9.17) is 14.3 Å². The molecule has 0 heterocycles. The molecule has 0 aliphatic rings. The van der Waals surface area contributed by atoms with Gasteiger partial charge in [-0.3, -0.25) is 0 Å². The first-order chi connectivity index (χ1) is 5.52. The molecule has 0 saturated heterocycles. The van der Waals surface area contributed by atoms with E-state index in [9.17, 15) is 0 Å². The maximum atomic E-state index is 9.10. The van der Waals surface area contributed by atoms with Gasteiger partial charge in [-0.15, -0.1) is 0 Å². The van der Waals surface area contributed by atoms with Crippen LogP contribution in [0, 0.1) is 11.8 Å². The summed E-state index contributed by atoms with van der Waals surface area (Å²) in [6, 6.07) is 0. The van der Waals surface area contributed by atoms with Crippen molar-refractivity contribution in [3.05, 3.63) is 0 Å². The predicted molar refractivity (Wildman–Crippen MR) is 49.6 cm³/mol. The number of hydrogen-bond donors (Lipinski definition) is 1. The van der Waals surface area contributed by atoms with Crippen LogP contribution in [-0.4, -0.2) is 25.6 Å². The van der Waals surface area contributed by atoms with Crippen LogP contribution in [0.25, 0.3) is 0 Å². The molecule has 0 atom stereocenters. The Morgan fingerprint density at radius 3 is 1.58 bits per heavy atom. The predicted octanol–water partition coefficient (Wildman–Crippen LogP) is 1.31. The van der Waals surface area contributed by atoms with Crippen LogP contribution < -0.4 is 0 Å². The van der Waals surface area contributed by atoms with Crippen molar-refractivity contribution in [2.24, 2.45) is 11.8 Å². The molecule has 0 spiro atoms. The zero-order valence-corrected chi connectivity index (χ0v) is 8.41. The van der Waals surface area contributed by atoms with E-state index in [0.29, 0.717) is 25.0 Å². The summed E-state index contributed by atoms with van der Waals surface area (Å²) in [6.07, 6.45) is 0. The minimum absolute atomic E-state index is 0.419. The standard InChI is InChI=1S/C8H19BO3/c1-7(2)5-11-9(10)12-6-8(3)4/h7-8,10H,5-6H2,1-4H3. The molecule has 0 bridgehead atoms. The molecule has 0 aliphatic heterocycles. The highest BCUT2D eigenvalue weighted by Gasteiger charge is 2.16. The van der Waals surface area contributed by atoms with Gasteiger partial charge in [0.25, 0.3) is 0 Å². The Bertz CT molecular complexity index is 94.5. The molecule has 0 aromatic carbocycles. The van der Waals surface area contributed by atoms with Gasteiger partial charge in [-0.05, 0) is 11.8 Å². The highest BCUT2D eigenvalue weighted by Crippen LogP contribution is 1.97. The fourth-order valence-electron chi connectivity index (χ4n) is 0.598. The fraction of sp³-hybridized carbons (Fsp3) is 1.00. The Morgan fingerprint density at radius 1 is 1.00 bits per heavy atom. The zero-order valence-electron chi connectivity index (χ0n) is 8.41. The van der Waals surface area contributed by atoms with Crippen molar-refractivity contribution < 1.29 is 14.3 Å². The van der Waals surface area contributed by atoms with E-state index in [1.54, 1.807) is 0 Å². The summed E-state index contributed by atoms with van der Waals surface area (Å²) in [5.74, 6) is 0.838. The second-order valence-corrected chi connectivity index (χ2v) is 3.76. The lowest BCUT2D eigenvalue weighted by atomic mass is 10.2. The molecule has 0 aromatic rings. The second-order valence-electron chi connectivity index (χ2n) is 3.76. The van der Waals surface area contributed by atoms with E-state index in [-0.39, 0.29) is 0 Å². The van der Waals surface area contributed by atoms with Crippen molar-refractivity contribution in [3.8, 4) is 0 Å². The Morgan fingerprint density at radius 2 is 1.33 bits per heavy atom. The molecule has 3 nitrogen and oxygen atoms in total. The van der Waals surface area contributed by atoms with Crippen molar-refractivity contribution in [1.82, 2.24) is 0 Å². The van der Waals surface area contributed by atoms with Gasteiger partial charge >= 0.3 is 7.32 Å². The van der Waals surface area contributed by atoms with Crippen LogP contribution in [0.4, 0.5) is 0 Å². The monoisotopic (exact) mass is 174 g/mol. The highest BCUT2D eigenvalue weighted by atomic mass is 16.7. The molecule has 1 N–H and O–H groups in total. The van der Waals surface area contributed by atoms with E-state index >= 15 is 0 Å². The van der Waals surface area contributed by atoms with Crippen LogP contribution in [0.2, 0.25) is 0 Å². The van der Waals surface area contributed by atoms with Crippen LogP contribution in [0.1, 0.15) is 27.7 Å². The van der Waals surface area contributed by atoms with Crippen LogP contribution in [0.3, 0.4) is 0 Å². The van der Waals surface area contributed by atoms with Gasteiger partial charge in [0.1, 0.15) is 0 Å². The maximum Gasteiger partial charge on any atom is 0.636 e. The molecule has 0 radical (unpaired) electrons. The van der Waals surface area contributed by atoms with Crippen LogP contribution in [0.15, 0.2) is 0 Å². The van der Waals surface area contributed by atoms with E-state index in [1.807, 2.05) is 27.7 Å². The lowest BCUT2D eigenvalue weighted by molar-refractivity contribution is 0.109. The van der Waals surface area contributed by atoms with Crippen LogP contribution in [0.5, 0.6) is 0 Å². The normalized spacial score (nSPS) is 11.2. The first-order valence-corrected chi connectivity index (χ1v) is 4.43. The molecule has 12 heavy (non-hydrogen) atoms. The van der Waals surface area contributed by atoms with Gasteiger partial charge in [0.15, 0.2) is 0 Å². The molecule has 0 aliphatic carbocycles. The van der Waals surface area contributed by atoms with Crippen molar-refractivity contribution >= 4 is 7.32 Å². The van der Waals surface area contributed by atoms with Gasteiger partial charge in [0.05, 0.1) is 0 Å². The van der Waals surface area contributed by atoms with E-state index in [0.717, 1.165) is 0 Å². The molecule has 0 amide bonds. The second kappa shape index (κ2) is 6.46. The average molecular weight is 174 g/mol. The van der Waals surface area contributed by atoms with Crippen molar-refractivity contribution in [1.29, 1.82) is 0 Å². The largest absolute Gasteiger partial charge is 0.636 e. The topological polar surface area (TPSA) is 38.7 Å². The molecule has 4 heteroatoms. The summed E-state index contributed by atoms with van der Waals surface area (Å²) in [5.41, 5.74) is 0. The van der Waals surface area contributed by atoms with Crippen molar-refractivity contribution in [3.63, 3.8) is 0 Å². The van der Waals surface area contributed by atoms with Crippen LogP contribution >= 0.6 is 0 Å². The zero-order chi connectivity index (χ0) is 9.56. The summed E-state index contributed by atoms with van der Waals surface area (Å²) >= 11 is 0. The quantitative estimate of drug-likeness (QED) is 0.617. The molecule has 0 aromatic heterocycles. The molecular formula is C8H19BO3. The third-order valence-electron chi connectivity index (χ3n) is 1.14. The van der Waals surface area contributed by atoms with Crippen LogP contribution in [-0.2, 0) is 9.31 Å². The first-order valence-electron chi connectivity index (χ1n) is 4.43. The summed E-state index contributed by atoms with van der Waals surface area (Å²) in [6.45, 7) is 9.15. The Balaban J connectivity index is 3.27. The molecular weight excluding hydrogens is 155 g/mol. The third kappa shape index (κ3) is 8.05. The Kier molecular flexibility index (Phi) is 6.43. The van der Waals surface area contributed by atoms with Gasteiger partial charge < -0.3 is 14.3 Å². The minimum Gasteiger partial charge on any atom is -0.402 e. The summed E-state index contributed by atoms with van der Waals surface area (Å²) in [5, 5.41) is 9.10. The molecule has 0 fully saturated rings. The van der Waals surface area contributed by atoms with Gasteiger partial charge in [-0.2, -0.15) is 0 Å². The Labute approximate surface area is 75.2 Å². The molecule has 0 unspecified atom stereocenters. The molecule has 72 valence electrons. The van der Waals surface area contributed by atoms with Gasteiger partial charge in [0.2, 0.25) is 0 Å². The van der Waals surface area contributed by atoms with Gasteiger partial charge in [-0.1, -0.05) is 27.7 Å². The average Bonchev–Trinajstić information content (AvgIpc) is 1.96. The van der Waals surface area contributed by atoms with E-state index < -0.39 is 7.32 Å². The Hall–Kier alpha value is -0.0551. The lowest BCUT2D eigenvalue weighted by Crippen LogP contribution is -2.26. The highest BCUT2D eigenvalue weighted by molar-refractivity contribution is 6.34. The summed E-state index contributed by atoms with van der Waals surface area (Å²) < 4.78 is 9.97. The van der Waals surface area contributed by atoms with E-state index in [2.05, 4.69) is 0 Å². The number of hydrogen-bond acceptors (Lipinski definition) is 3. The van der Waals surface area contributed by atoms with Gasteiger partial charge in [-0.25, -0.2) is 0 Å². The SMILES string of the molecule is CC(C)COB(O)OCC(C)C. The minimum atomic E-state index is -1.06. The smallest absolute Gasteiger partial charge is 0.402 e. The van der Waals surface area contributed by atoms with Crippen molar-refractivity contribution in [2.75, 3.05) is 13.2 Å². The third-order valence-corrected chi connectivity index (χ3v) is 1.14. The first kappa shape index (κ1) is 11.9. The molecule has 0 saturated carbocycles. The van der Waals surface area contributed by atoms with E-state index in [1.165, 1.54) is 0 Å². The summed E-state index contributed by atoms with van der Waals surface area (Å²) in [4.78, 5) is 0.